The van der Waals surface area contributed by atoms with Crippen LogP contribution in [0.2, 0.25) is 0 Å². The zero-order valence-corrected chi connectivity index (χ0v) is 24.1. The molecular formula is C30H38N6O3S. The fourth-order valence-corrected chi connectivity index (χ4v) is 7.33. The van der Waals surface area contributed by atoms with Gasteiger partial charge in [-0.2, -0.15) is 9.40 Å². The van der Waals surface area contributed by atoms with Crippen LogP contribution in [0.15, 0.2) is 54.7 Å². The Morgan fingerprint density at radius 1 is 0.975 bits per heavy atom. The Kier molecular flexibility index (Phi) is 7.65. The van der Waals surface area contributed by atoms with Crippen molar-refractivity contribution in [3.63, 3.8) is 0 Å². The number of para-hydroxylation sites is 1. The molecule has 2 aromatic heterocycles. The van der Waals surface area contributed by atoms with Gasteiger partial charge in [0, 0.05) is 56.0 Å². The molecule has 4 aromatic rings. The van der Waals surface area contributed by atoms with Crippen molar-refractivity contribution in [1.29, 1.82) is 0 Å². The van der Waals surface area contributed by atoms with Gasteiger partial charge in [-0.05, 0) is 56.9 Å². The van der Waals surface area contributed by atoms with E-state index in [1.54, 1.807) is 18.3 Å². The number of hydrogen-bond donors (Lipinski definition) is 1. The van der Waals surface area contributed by atoms with Crippen LogP contribution < -0.4 is 4.74 Å². The molecule has 0 atom stereocenters. The molecule has 0 spiro atoms. The normalized spacial score (nSPS) is 21.1. The third-order valence-corrected chi connectivity index (χ3v) is 10.5. The average Bonchev–Trinajstić information content (AvgIpc) is 3.64. The number of sulfonamides is 1. The second kappa shape index (κ2) is 11.3. The topological polar surface area (TPSA) is 96.4 Å². The number of nitrogens with zero attached hydrogens (tertiary/aromatic N) is 5. The molecule has 0 radical (unpaired) electrons. The van der Waals surface area contributed by atoms with E-state index in [2.05, 4.69) is 51.1 Å². The van der Waals surface area contributed by atoms with Crippen LogP contribution >= 0.6 is 0 Å². The van der Waals surface area contributed by atoms with Crippen LogP contribution in [-0.4, -0.2) is 82.5 Å². The first kappa shape index (κ1) is 27.0. The van der Waals surface area contributed by atoms with Crippen molar-refractivity contribution in [2.24, 2.45) is 0 Å². The number of piperazine rings is 1. The minimum absolute atomic E-state index is 0.185. The zero-order valence-electron chi connectivity index (χ0n) is 23.3. The van der Waals surface area contributed by atoms with Crippen molar-refractivity contribution in [1.82, 2.24) is 29.0 Å². The fraction of sp³-hybridized carbons (Fsp3) is 0.467. The van der Waals surface area contributed by atoms with Crippen molar-refractivity contribution >= 4 is 21.1 Å². The van der Waals surface area contributed by atoms with Crippen LogP contribution in [0.4, 0.5) is 0 Å². The number of aromatic nitrogens is 4. The van der Waals surface area contributed by atoms with Gasteiger partial charge in [-0.1, -0.05) is 24.3 Å². The molecule has 0 unspecified atom stereocenters. The van der Waals surface area contributed by atoms with Crippen molar-refractivity contribution < 1.29 is 13.2 Å². The molecule has 212 valence electrons. The van der Waals surface area contributed by atoms with Crippen LogP contribution in [-0.2, 0) is 16.4 Å². The summed E-state index contributed by atoms with van der Waals surface area (Å²) in [7, 11) is -1.39. The molecule has 1 saturated carbocycles. The molecule has 0 amide bonds. The van der Waals surface area contributed by atoms with Gasteiger partial charge in [0.05, 0.1) is 35.6 Å². The lowest BCUT2D eigenvalue weighted by Crippen LogP contribution is -2.52. The molecular weight excluding hydrogens is 524 g/mol. The van der Waals surface area contributed by atoms with E-state index >= 15 is 0 Å². The van der Waals surface area contributed by atoms with Crippen LogP contribution in [0.25, 0.3) is 22.3 Å². The third-order valence-electron chi connectivity index (χ3n) is 8.57. The first-order valence-corrected chi connectivity index (χ1v) is 15.9. The van der Waals surface area contributed by atoms with E-state index in [4.69, 9.17) is 14.8 Å². The summed E-state index contributed by atoms with van der Waals surface area (Å²) >= 11 is 0. The quantitative estimate of drug-likeness (QED) is 0.340. The van der Waals surface area contributed by atoms with Gasteiger partial charge in [0.1, 0.15) is 11.6 Å². The Hall–Kier alpha value is -3.21. The third kappa shape index (κ3) is 5.53. The van der Waals surface area contributed by atoms with Gasteiger partial charge >= 0.3 is 0 Å². The minimum atomic E-state index is -3.08. The minimum Gasteiger partial charge on any atom is -0.496 e. The SMILES string of the molecule is CCS(=O)(=O)N1CCN([C@H]2CC[C@@H](n3ccc(-c4ccc5nc(Cc6ccccc6OC)[nH]c5c4)n3)CC2)CC1. The molecule has 2 aromatic carbocycles. The predicted molar refractivity (Wildman–Crippen MR) is 157 cm³/mol. The molecule has 6 rings (SSSR count). The lowest BCUT2D eigenvalue weighted by molar-refractivity contribution is 0.0981. The number of imidazole rings is 1. The highest BCUT2D eigenvalue weighted by atomic mass is 32.2. The second-order valence-corrected chi connectivity index (χ2v) is 13.1. The lowest BCUT2D eigenvalue weighted by atomic mass is 9.90. The zero-order chi connectivity index (χ0) is 27.7. The van der Waals surface area contributed by atoms with E-state index < -0.39 is 10.0 Å². The van der Waals surface area contributed by atoms with E-state index in [9.17, 15) is 8.42 Å². The molecule has 1 aliphatic carbocycles. The fourth-order valence-electron chi connectivity index (χ4n) is 6.25. The number of rotatable bonds is 8. The van der Waals surface area contributed by atoms with Gasteiger partial charge in [-0.15, -0.1) is 0 Å². The van der Waals surface area contributed by atoms with Crippen molar-refractivity contribution in [2.75, 3.05) is 39.0 Å². The van der Waals surface area contributed by atoms with Gasteiger partial charge in [0.25, 0.3) is 0 Å². The van der Waals surface area contributed by atoms with Crippen LogP contribution in [0.3, 0.4) is 0 Å². The number of fused-ring (bicyclic) bond motifs is 1. The summed E-state index contributed by atoms with van der Waals surface area (Å²) in [4.78, 5) is 10.8. The second-order valence-electron chi connectivity index (χ2n) is 10.9. The van der Waals surface area contributed by atoms with Crippen LogP contribution in [0, 0.1) is 0 Å². The van der Waals surface area contributed by atoms with Gasteiger partial charge in [-0.3, -0.25) is 9.58 Å². The molecule has 40 heavy (non-hydrogen) atoms. The number of aromatic amines is 1. The molecule has 1 saturated heterocycles. The number of benzene rings is 2. The number of H-pyrrole nitrogens is 1. The Balaban J connectivity index is 1.08. The van der Waals surface area contributed by atoms with E-state index in [0.29, 0.717) is 31.6 Å². The first-order chi connectivity index (χ1) is 19.4. The van der Waals surface area contributed by atoms with Gasteiger partial charge < -0.3 is 9.72 Å². The van der Waals surface area contributed by atoms with Crippen LogP contribution in [0.5, 0.6) is 5.75 Å². The highest BCUT2D eigenvalue weighted by Gasteiger charge is 2.32. The molecule has 3 heterocycles. The summed E-state index contributed by atoms with van der Waals surface area (Å²) < 4.78 is 33.7. The monoisotopic (exact) mass is 562 g/mol. The van der Waals surface area contributed by atoms with Crippen molar-refractivity contribution in [3.05, 3.63) is 66.1 Å². The Morgan fingerprint density at radius 2 is 1.73 bits per heavy atom. The highest BCUT2D eigenvalue weighted by Crippen LogP contribution is 2.33. The Bertz CT molecular complexity index is 1560. The molecule has 1 N–H and O–H groups in total. The van der Waals surface area contributed by atoms with E-state index in [1.807, 2.05) is 18.2 Å². The standard InChI is InChI=1S/C30H38N6O3S/c1-3-40(37,38)35-18-16-34(17-19-35)24-9-11-25(12-10-24)36-15-14-26(33-36)22-8-13-27-28(20-22)32-30(31-27)21-23-6-4-5-7-29(23)39-2/h4-8,13-15,20,24-25H,3,9-12,16-19,21H2,1-2H3,(H,31,32)/t24-,25+. The van der Waals surface area contributed by atoms with E-state index in [1.165, 1.54) is 0 Å². The summed E-state index contributed by atoms with van der Waals surface area (Å²) in [5.74, 6) is 1.96. The molecule has 10 heteroatoms. The maximum atomic E-state index is 12.2. The summed E-state index contributed by atoms with van der Waals surface area (Å²) in [5.41, 5.74) is 5.10. The average molecular weight is 563 g/mol. The highest BCUT2D eigenvalue weighted by molar-refractivity contribution is 7.89. The van der Waals surface area contributed by atoms with Gasteiger partial charge in [0.15, 0.2) is 0 Å². The maximum Gasteiger partial charge on any atom is 0.213 e. The first-order valence-electron chi connectivity index (χ1n) is 14.3. The summed E-state index contributed by atoms with van der Waals surface area (Å²) in [6, 6.07) is 17.4. The Morgan fingerprint density at radius 3 is 2.48 bits per heavy atom. The van der Waals surface area contributed by atoms with Crippen LogP contribution in [0.1, 0.15) is 50.0 Å². The molecule has 2 aliphatic rings. The number of methoxy groups -OCH3 is 1. The summed E-state index contributed by atoms with van der Waals surface area (Å²) in [5, 5.41) is 4.97. The van der Waals surface area contributed by atoms with Crippen molar-refractivity contribution in [2.45, 2.75) is 51.1 Å². The number of hydrogen-bond acceptors (Lipinski definition) is 6. The maximum absolute atomic E-state index is 12.2. The molecule has 0 bridgehead atoms. The van der Waals surface area contributed by atoms with E-state index in [-0.39, 0.29) is 5.75 Å². The van der Waals surface area contributed by atoms with Crippen molar-refractivity contribution in [3.8, 4) is 17.0 Å². The summed E-state index contributed by atoms with van der Waals surface area (Å²) in [6.45, 7) is 4.61. The summed E-state index contributed by atoms with van der Waals surface area (Å²) in [6.07, 6.45) is 7.21. The number of nitrogens with one attached hydrogen (secondary N) is 1. The smallest absolute Gasteiger partial charge is 0.213 e. The lowest BCUT2D eigenvalue weighted by Gasteiger charge is -2.41. The molecule has 9 nitrogen and oxygen atoms in total. The van der Waals surface area contributed by atoms with Gasteiger partial charge in [0.2, 0.25) is 10.0 Å². The Labute approximate surface area is 236 Å². The largest absolute Gasteiger partial charge is 0.496 e. The molecule has 2 fully saturated rings. The van der Waals surface area contributed by atoms with E-state index in [0.717, 1.165) is 78.2 Å². The number of ether oxygens (including phenoxy) is 1. The molecule has 1 aliphatic heterocycles. The van der Waals surface area contributed by atoms with Gasteiger partial charge in [-0.25, -0.2) is 13.4 Å². The predicted octanol–water partition coefficient (Wildman–Crippen LogP) is 4.48.